The summed E-state index contributed by atoms with van der Waals surface area (Å²) in [5, 5.41) is 14.6. The smallest absolute Gasteiger partial charge is 0.311 e. The van der Waals surface area contributed by atoms with Gasteiger partial charge >= 0.3 is 5.69 Å². The van der Waals surface area contributed by atoms with Crippen LogP contribution in [0.4, 0.5) is 15.8 Å². The SMILES string of the molecule is COc1ccc([C@H]2Nc3c(F)cccc3C3C=CCC32)cc1[N+](=O)[O-]. The van der Waals surface area contributed by atoms with Crippen LogP contribution in [0.1, 0.15) is 29.5 Å². The van der Waals surface area contributed by atoms with Crippen molar-refractivity contribution in [3.05, 3.63) is 75.6 Å². The van der Waals surface area contributed by atoms with Crippen molar-refractivity contribution in [2.75, 3.05) is 12.4 Å². The van der Waals surface area contributed by atoms with E-state index in [1.807, 2.05) is 12.1 Å². The highest BCUT2D eigenvalue weighted by atomic mass is 19.1. The van der Waals surface area contributed by atoms with Crippen LogP contribution in [0.15, 0.2) is 48.6 Å². The summed E-state index contributed by atoms with van der Waals surface area (Å²) in [6.07, 6.45) is 5.05. The predicted octanol–water partition coefficient (Wildman–Crippen LogP) is 4.57. The van der Waals surface area contributed by atoms with E-state index < -0.39 is 4.92 Å². The van der Waals surface area contributed by atoms with Crippen LogP contribution in [-0.2, 0) is 0 Å². The van der Waals surface area contributed by atoms with E-state index in [9.17, 15) is 14.5 Å². The Bertz CT molecular complexity index is 881. The van der Waals surface area contributed by atoms with E-state index in [0.717, 1.165) is 17.5 Å². The first-order valence-corrected chi connectivity index (χ1v) is 8.14. The van der Waals surface area contributed by atoms with Gasteiger partial charge < -0.3 is 10.1 Å². The summed E-state index contributed by atoms with van der Waals surface area (Å²) in [5.41, 5.74) is 2.11. The van der Waals surface area contributed by atoms with Crippen LogP contribution in [0, 0.1) is 21.8 Å². The normalized spacial score (nSPS) is 23.5. The van der Waals surface area contributed by atoms with Gasteiger partial charge in [0.1, 0.15) is 5.82 Å². The van der Waals surface area contributed by atoms with Crippen molar-refractivity contribution in [3.63, 3.8) is 0 Å². The second kappa shape index (κ2) is 5.88. The number of methoxy groups -OCH3 is 1. The summed E-state index contributed by atoms with van der Waals surface area (Å²) >= 11 is 0. The minimum atomic E-state index is -0.454. The molecule has 4 rings (SSSR count). The van der Waals surface area contributed by atoms with Crippen molar-refractivity contribution in [1.29, 1.82) is 0 Å². The van der Waals surface area contributed by atoms with Gasteiger partial charge in [-0.3, -0.25) is 10.1 Å². The van der Waals surface area contributed by atoms with Gasteiger partial charge in [0.15, 0.2) is 5.75 Å². The molecule has 0 bridgehead atoms. The van der Waals surface area contributed by atoms with Crippen LogP contribution in [0.5, 0.6) is 5.75 Å². The summed E-state index contributed by atoms with van der Waals surface area (Å²) in [5.74, 6) is 0.224. The summed E-state index contributed by atoms with van der Waals surface area (Å²) < 4.78 is 19.4. The molecule has 2 aromatic rings. The lowest BCUT2D eigenvalue weighted by atomic mass is 9.77. The number of hydrogen-bond acceptors (Lipinski definition) is 4. The average Bonchev–Trinajstić information content (AvgIpc) is 3.11. The Hall–Kier alpha value is -2.89. The number of benzene rings is 2. The molecule has 0 radical (unpaired) electrons. The number of nitro benzene ring substituents is 1. The first-order valence-electron chi connectivity index (χ1n) is 8.14. The summed E-state index contributed by atoms with van der Waals surface area (Å²) in [6.45, 7) is 0. The predicted molar refractivity (Wildman–Crippen MR) is 92.4 cm³/mol. The Morgan fingerprint density at radius 3 is 2.92 bits per heavy atom. The van der Waals surface area contributed by atoms with Gasteiger partial charge in [0.25, 0.3) is 0 Å². The zero-order chi connectivity index (χ0) is 17.6. The zero-order valence-electron chi connectivity index (χ0n) is 13.6. The first-order chi connectivity index (χ1) is 12.1. The topological polar surface area (TPSA) is 64.4 Å². The average molecular weight is 340 g/mol. The Balaban J connectivity index is 1.80. The van der Waals surface area contributed by atoms with Crippen molar-refractivity contribution in [2.45, 2.75) is 18.4 Å². The molecule has 0 fully saturated rings. The Labute approximate surface area is 144 Å². The van der Waals surface area contributed by atoms with Gasteiger partial charge in [-0.15, -0.1) is 0 Å². The minimum Gasteiger partial charge on any atom is -0.490 e. The Morgan fingerprint density at radius 1 is 1.32 bits per heavy atom. The second-order valence-corrected chi connectivity index (χ2v) is 6.37. The molecule has 0 saturated heterocycles. The van der Waals surface area contributed by atoms with E-state index in [1.165, 1.54) is 19.2 Å². The molecule has 1 aliphatic carbocycles. The number of nitrogens with one attached hydrogen (secondary N) is 1. The van der Waals surface area contributed by atoms with Gasteiger partial charge in [-0.1, -0.05) is 30.4 Å². The highest BCUT2D eigenvalue weighted by molar-refractivity contribution is 5.61. The van der Waals surface area contributed by atoms with E-state index in [2.05, 4.69) is 17.5 Å². The fourth-order valence-corrected chi connectivity index (χ4v) is 3.96. The summed E-state index contributed by atoms with van der Waals surface area (Å²) in [7, 11) is 1.41. The number of nitrogens with zero attached hydrogens (tertiary/aromatic N) is 1. The van der Waals surface area contributed by atoms with Crippen molar-refractivity contribution >= 4 is 11.4 Å². The third kappa shape index (κ3) is 2.45. The van der Waals surface area contributed by atoms with Crippen molar-refractivity contribution in [3.8, 4) is 5.75 Å². The molecule has 1 aliphatic heterocycles. The Morgan fingerprint density at radius 2 is 2.16 bits per heavy atom. The van der Waals surface area contributed by atoms with Gasteiger partial charge in [0, 0.05) is 12.0 Å². The summed E-state index contributed by atoms with van der Waals surface area (Å²) in [6, 6.07) is 9.82. The number of para-hydroxylation sites is 1. The van der Waals surface area contributed by atoms with Crippen LogP contribution in [0.25, 0.3) is 0 Å². The number of hydrogen-bond donors (Lipinski definition) is 1. The van der Waals surface area contributed by atoms with Crippen LogP contribution < -0.4 is 10.1 Å². The first kappa shape index (κ1) is 15.6. The van der Waals surface area contributed by atoms with Gasteiger partial charge in [0.2, 0.25) is 0 Å². The molecule has 0 amide bonds. The molecule has 25 heavy (non-hydrogen) atoms. The van der Waals surface area contributed by atoms with Crippen LogP contribution in [-0.4, -0.2) is 12.0 Å². The molecule has 0 aromatic heterocycles. The van der Waals surface area contributed by atoms with Gasteiger partial charge in [-0.2, -0.15) is 0 Å². The zero-order valence-corrected chi connectivity index (χ0v) is 13.6. The lowest BCUT2D eigenvalue weighted by Gasteiger charge is -2.37. The molecule has 1 N–H and O–H groups in total. The van der Waals surface area contributed by atoms with Gasteiger partial charge in [0.05, 0.1) is 23.8 Å². The Kier molecular flexibility index (Phi) is 3.67. The molecular weight excluding hydrogens is 323 g/mol. The highest BCUT2D eigenvalue weighted by Gasteiger charge is 2.39. The maximum absolute atomic E-state index is 14.3. The third-order valence-corrected chi connectivity index (χ3v) is 5.10. The van der Waals surface area contributed by atoms with E-state index in [0.29, 0.717) is 5.69 Å². The molecular formula is C19H17FN2O3. The van der Waals surface area contributed by atoms with Crippen LogP contribution in [0.3, 0.4) is 0 Å². The highest BCUT2D eigenvalue weighted by Crippen LogP contribution is 2.50. The lowest BCUT2D eigenvalue weighted by Crippen LogP contribution is -2.29. The van der Waals surface area contributed by atoms with Crippen molar-refractivity contribution in [2.24, 2.45) is 5.92 Å². The molecule has 0 saturated carbocycles. The van der Waals surface area contributed by atoms with Crippen LogP contribution >= 0.6 is 0 Å². The monoisotopic (exact) mass is 340 g/mol. The summed E-state index contributed by atoms with van der Waals surface area (Å²) in [4.78, 5) is 10.9. The largest absolute Gasteiger partial charge is 0.490 e. The van der Waals surface area contributed by atoms with Crippen LogP contribution in [0.2, 0.25) is 0 Å². The number of rotatable bonds is 3. The minimum absolute atomic E-state index is 0.0800. The fourth-order valence-electron chi connectivity index (χ4n) is 3.96. The number of nitro groups is 1. The molecule has 2 aliphatic rings. The molecule has 0 spiro atoms. The molecule has 128 valence electrons. The standard InChI is InChI=1S/C19H17FN2O3/c1-25-17-9-8-11(10-16(17)22(23)24)18-13-5-2-4-12(13)14-6-3-7-15(20)19(14)21-18/h2-4,6-10,12-13,18,21H,5H2,1H3/t12?,13?,18-/m1/s1. The molecule has 3 atom stereocenters. The number of ether oxygens (including phenoxy) is 1. The number of fused-ring (bicyclic) bond motifs is 3. The van der Waals surface area contributed by atoms with E-state index in [-0.39, 0.29) is 35.1 Å². The van der Waals surface area contributed by atoms with E-state index in [1.54, 1.807) is 12.1 Å². The maximum atomic E-state index is 14.3. The van der Waals surface area contributed by atoms with E-state index >= 15 is 0 Å². The number of halogens is 1. The van der Waals surface area contributed by atoms with Gasteiger partial charge in [-0.05, 0) is 35.6 Å². The maximum Gasteiger partial charge on any atom is 0.311 e. The number of allylic oxidation sites excluding steroid dienone is 2. The molecule has 6 heteroatoms. The quantitative estimate of drug-likeness (QED) is 0.505. The molecule has 2 unspecified atom stereocenters. The molecule has 1 heterocycles. The molecule has 5 nitrogen and oxygen atoms in total. The van der Waals surface area contributed by atoms with E-state index in [4.69, 9.17) is 4.74 Å². The van der Waals surface area contributed by atoms with Crippen molar-refractivity contribution in [1.82, 2.24) is 0 Å². The van der Waals surface area contributed by atoms with Crippen molar-refractivity contribution < 1.29 is 14.1 Å². The fraction of sp³-hybridized carbons (Fsp3) is 0.263. The number of anilines is 1. The second-order valence-electron chi connectivity index (χ2n) is 6.37. The molecule has 2 aromatic carbocycles. The lowest BCUT2D eigenvalue weighted by molar-refractivity contribution is -0.385. The third-order valence-electron chi connectivity index (χ3n) is 5.10. The van der Waals surface area contributed by atoms with Gasteiger partial charge in [-0.25, -0.2) is 4.39 Å².